The number of rotatable bonds is 1. The van der Waals surface area contributed by atoms with E-state index >= 15 is 0 Å². The molecule has 0 aliphatic carbocycles. The summed E-state index contributed by atoms with van der Waals surface area (Å²) >= 11 is 0. The van der Waals surface area contributed by atoms with Crippen molar-refractivity contribution in [3.8, 4) is 0 Å². The summed E-state index contributed by atoms with van der Waals surface area (Å²) in [7, 11) is -1.67. The van der Waals surface area contributed by atoms with Gasteiger partial charge in [-0.05, 0) is 19.9 Å². The van der Waals surface area contributed by atoms with Crippen molar-refractivity contribution in [3.63, 3.8) is 0 Å². The highest BCUT2D eigenvalue weighted by molar-refractivity contribution is 7.86. The molecule has 2 aliphatic rings. The molecule has 1 atom stereocenters. The molecule has 0 radical (unpaired) electrons. The number of hydrogen-bond acceptors (Lipinski definition) is 4. The van der Waals surface area contributed by atoms with Crippen molar-refractivity contribution in [3.05, 3.63) is 0 Å². The maximum atomic E-state index is 11.5. The predicted octanol–water partition coefficient (Wildman–Crippen LogP) is -1.52. The molecular formula is C10H20N4O3S. The van der Waals surface area contributed by atoms with Crippen molar-refractivity contribution < 1.29 is 13.2 Å². The van der Waals surface area contributed by atoms with E-state index in [1.165, 1.54) is 4.31 Å². The van der Waals surface area contributed by atoms with Crippen molar-refractivity contribution in [2.75, 3.05) is 33.2 Å². The molecule has 0 aromatic heterocycles. The number of carbonyl (C=O) groups excluding carboxylic acids is 1. The number of nitrogens with two attached hydrogens (primary N) is 1. The summed E-state index contributed by atoms with van der Waals surface area (Å²) in [6.45, 7) is 2.02. The van der Waals surface area contributed by atoms with Crippen LogP contribution in [0.15, 0.2) is 0 Å². The lowest BCUT2D eigenvalue weighted by atomic mass is 9.87. The van der Waals surface area contributed by atoms with Gasteiger partial charge in [0.25, 0.3) is 10.2 Å². The van der Waals surface area contributed by atoms with E-state index < -0.39 is 10.2 Å². The summed E-state index contributed by atoms with van der Waals surface area (Å²) < 4.78 is 24.3. The summed E-state index contributed by atoms with van der Waals surface area (Å²) in [5.74, 6) is 0.0352. The zero-order chi connectivity index (χ0) is 13.4. The first-order chi connectivity index (χ1) is 8.33. The smallest absolute Gasteiger partial charge is 0.277 e. The second-order valence-corrected chi connectivity index (χ2v) is 6.67. The Kier molecular flexibility index (Phi) is 3.63. The molecule has 18 heavy (non-hydrogen) atoms. The molecule has 104 valence electrons. The standard InChI is InChI=1S/C10H20N4O3S/c1-13-6-7-14(18(11,16)17)8-10(13)3-2-9(15)12-5-4-10/h2-8H2,1H3,(H,12,15)(H2,11,16,17). The van der Waals surface area contributed by atoms with Gasteiger partial charge in [-0.25, -0.2) is 5.14 Å². The van der Waals surface area contributed by atoms with Crippen molar-refractivity contribution in [1.29, 1.82) is 0 Å². The minimum atomic E-state index is -3.65. The minimum Gasteiger partial charge on any atom is -0.356 e. The van der Waals surface area contributed by atoms with Crippen LogP contribution in [0.2, 0.25) is 0 Å². The van der Waals surface area contributed by atoms with E-state index in [1.807, 2.05) is 7.05 Å². The van der Waals surface area contributed by atoms with Crippen molar-refractivity contribution in [2.24, 2.45) is 5.14 Å². The zero-order valence-electron chi connectivity index (χ0n) is 10.6. The molecule has 0 bridgehead atoms. The Morgan fingerprint density at radius 1 is 1.33 bits per heavy atom. The number of likely N-dealkylation sites (N-methyl/N-ethyl adjacent to an activating group) is 1. The quantitative estimate of drug-likeness (QED) is 0.608. The summed E-state index contributed by atoms with van der Waals surface area (Å²) in [6.07, 6.45) is 1.85. The van der Waals surface area contributed by atoms with Crippen LogP contribution in [0.1, 0.15) is 19.3 Å². The molecule has 0 aromatic carbocycles. The van der Waals surface area contributed by atoms with Crippen molar-refractivity contribution in [2.45, 2.75) is 24.8 Å². The lowest BCUT2D eigenvalue weighted by Crippen LogP contribution is -2.62. The summed E-state index contributed by atoms with van der Waals surface area (Å²) in [5.41, 5.74) is -0.274. The van der Waals surface area contributed by atoms with Gasteiger partial charge < -0.3 is 5.32 Å². The lowest BCUT2D eigenvalue weighted by molar-refractivity contribution is -0.121. The Bertz CT molecular complexity index is 438. The number of piperazine rings is 1. The van der Waals surface area contributed by atoms with Gasteiger partial charge >= 0.3 is 0 Å². The van der Waals surface area contributed by atoms with Gasteiger partial charge in [0, 0.05) is 38.1 Å². The minimum absolute atomic E-state index is 0.0352. The largest absolute Gasteiger partial charge is 0.356 e. The van der Waals surface area contributed by atoms with Crippen LogP contribution in [-0.4, -0.2) is 62.3 Å². The Morgan fingerprint density at radius 3 is 2.72 bits per heavy atom. The van der Waals surface area contributed by atoms with Gasteiger partial charge in [-0.1, -0.05) is 0 Å². The highest BCUT2D eigenvalue weighted by atomic mass is 32.2. The third kappa shape index (κ3) is 2.66. The van der Waals surface area contributed by atoms with Crippen LogP contribution >= 0.6 is 0 Å². The van der Waals surface area contributed by atoms with Gasteiger partial charge in [0.2, 0.25) is 5.91 Å². The van der Waals surface area contributed by atoms with Gasteiger partial charge in [-0.15, -0.1) is 0 Å². The molecule has 1 amide bonds. The molecule has 1 unspecified atom stereocenters. The van der Waals surface area contributed by atoms with E-state index in [2.05, 4.69) is 10.2 Å². The number of nitrogens with one attached hydrogen (secondary N) is 1. The first kappa shape index (κ1) is 13.7. The van der Waals surface area contributed by atoms with Crippen LogP contribution in [0.5, 0.6) is 0 Å². The Labute approximate surface area is 107 Å². The maximum Gasteiger partial charge on any atom is 0.277 e. The molecule has 2 aliphatic heterocycles. The first-order valence-electron chi connectivity index (χ1n) is 6.09. The number of hydrogen-bond donors (Lipinski definition) is 2. The fraction of sp³-hybridized carbons (Fsp3) is 0.900. The molecule has 2 saturated heterocycles. The first-order valence-corrected chi connectivity index (χ1v) is 7.60. The van der Waals surface area contributed by atoms with E-state index in [-0.39, 0.29) is 11.4 Å². The second kappa shape index (κ2) is 4.76. The third-order valence-corrected chi connectivity index (χ3v) is 5.09. The van der Waals surface area contributed by atoms with Crippen LogP contribution in [0, 0.1) is 0 Å². The molecule has 2 heterocycles. The van der Waals surface area contributed by atoms with Crippen LogP contribution < -0.4 is 10.5 Å². The molecule has 0 aromatic rings. The number of carbonyl (C=O) groups is 1. The van der Waals surface area contributed by atoms with Crippen LogP contribution in [-0.2, 0) is 15.0 Å². The molecule has 2 rings (SSSR count). The molecule has 3 N–H and O–H groups in total. The average Bonchev–Trinajstić information content (AvgIpc) is 2.45. The molecular weight excluding hydrogens is 256 g/mol. The van der Waals surface area contributed by atoms with E-state index in [9.17, 15) is 13.2 Å². The van der Waals surface area contributed by atoms with Gasteiger partial charge in [-0.2, -0.15) is 12.7 Å². The average molecular weight is 276 g/mol. The summed E-state index contributed by atoms with van der Waals surface area (Å²) in [5, 5.41) is 8.03. The number of nitrogens with zero attached hydrogens (tertiary/aromatic N) is 2. The van der Waals surface area contributed by atoms with E-state index in [0.717, 1.165) is 6.42 Å². The predicted molar refractivity (Wildman–Crippen MR) is 66.9 cm³/mol. The summed E-state index contributed by atoms with van der Waals surface area (Å²) in [4.78, 5) is 13.6. The van der Waals surface area contributed by atoms with E-state index in [0.29, 0.717) is 39.0 Å². The number of amides is 1. The summed E-state index contributed by atoms with van der Waals surface area (Å²) in [6, 6.07) is 0. The molecule has 0 saturated carbocycles. The highest BCUT2D eigenvalue weighted by Gasteiger charge is 2.43. The lowest BCUT2D eigenvalue weighted by Gasteiger charge is -2.48. The van der Waals surface area contributed by atoms with Gasteiger partial charge in [0.1, 0.15) is 0 Å². The molecule has 8 heteroatoms. The SMILES string of the molecule is CN1CCN(S(N)(=O)=O)CC12CCNC(=O)CC2. The van der Waals surface area contributed by atoms with Crippen LogP contribution in [0.25, 0.3) is 0 Å². The molecule has 2 fully saturated rings. The van der Waals surface area contributed by atoms with Crippen LogP contribution in [0.4, 0.5) is 0 Å². The Hall–Kier alpha value is -0.700. The molecule has 7 nitrogen and oxygen atoms in total. The maximum absolute atomic E-state index is 11.5. The fourth-order valence-electron chi connectivity index (χ4n) is 2.78. The van der Waals surface area contributed by atoms with Crippen LogP contribution in [0.3, 0.4) is 0 Å². The second-order valence-electron chi connectivity index (χ2n) is 5.12. The normalized spacial score (nSPS) is 32.2. The zero-order valence-corrected chi connectivity index (χ0v) is 11.4. The highest BCUT2D eigenvalue weighted by Crippen LogP contribution is 2.30. The van der Waals surface area contributed by atoms with Gasteiger partial charge in [-0.3, -0.25) is 9.69 Å². The van der Waals surface area contributed by atoms with E-state index in [1.54, 1.807) is 0 Å². The van der Waals surface area contributed by atoms with Crippen molar-refractivity contribution >= 4 is 16.1 Å². The van der Waals surface area contributed by atoms with Gasteiger partial charge in [0.05, 0.1) is 0 Å². The van der Waals surface area contributed by atoms with E-state index in [4.69, 9.17) is 5.14 Å². The van der Waals surface area contributed by atoms with Crippen molar-refractivity contribution in [1.82, 2.24) is 14.5 Å². The van der Waals surface area contributed by atoms with Gasteiger partial charge in [0.15, 0.2) is 0 Å². The monoisotopic (exact) mass is 276 g/mol. The Morgan fingerprint density at radius 2 is 2.06 bits per heavy atom. The topological polar surface area (TPSA) is 95.7 Å². The Balaban J connectivity index is 2.20. The third-order valence-electron chi connectivity index (χ3n) is 4.06. The fourth-order valence-corrected chi connectivity index (χ4v) is 3.53. The molecule has 1 spiro atoms.